The molecule has 2 N–H and O–H groups in total. The van der Waals surface area contributed by atoms with Gasteiger partial charge >= 0.3 is 0 Å². The van der Waals surface area contributed by atoms with Gasteiger partial charge in [-0.1, -0.05) is 38.8 Å². The van der Waals surface area contributed by atoms with Crippen LogP contribution < -0.4 is 5.32 Å². The summed E-state index contributed by atoms with van der Waals surface area (Å²) in [4.78, 5) is 0. The first-order valence-corrected chi connectivity index (χ1v) is 6.71. The van der Waals surface area contributed by atoms with Crippen molar-refractivity contribution in [1.82, 2.24) is 0 Å². The highest BCUT2D eigenvalue weighted by molar-refractivity contribution is 5.47. The summed E-state index contributed by atoms with van der Waals surface area (Å²) in [6.07, 6.45) is 4.20. The van der Waals surface area contributed by atoms with E-state index in [2.05, 4.69) is 43.4 Å². The summed E-state index contributed by atoms with van der Waals surface area (Å²) in [6, 6.07) is 8.77. The van der Waals surface area contributed by atoms with E-state index in [0.29, 0.717) is 5.92 Å². The number of nitrogens with one attached hydrogen (secondary N) is 1. The Kier molecular flexibility index (Phi) is 4.06. The van der Waals surface area contributed by atoms with Crippen LogP contribution in [0.15, 0.2) is 24.3 Å². The van der Waals surface area contributed by atoms with Crippen LogP contribution in [0.25, 0.3) is 0 Å². The van der Waals surface area contributed by atoms with E-state index in [1.165, 1.54) is 12.0 Å². The van der Waals surface area contributed by atoms with Crippen molar-refractivity contribution in [3.05, 3.63) is 29.8 Å². The van der Waals surface area contributed by atoms with Gasteiger partial charge < -0.3 is 10.4 Å². The number of aliphatic hydroxyl groups excluding tert-OH is 1. The molecule has 2 atom stereocenters. The van der Waals surface area contributed by atoms with Gasteiger partial charge in [-0.3, -0.25) is 0 Å². The second kappa shape index (κ2) is 5.54. The van der Waals surface area contributed by atoms with E-state index in [1.54, 1.807) is 0 Å². The zero-order valence-electron chi connectivity index (χ0n) is 10.8. The van der Waals surface area contributed by atoms with Crippen LogP contribution in [-0.2, 0) is 0 Å². The van der Waals surface area contributed by atoms with Crippen molar-refractivity contribution in [1.29, 1.82) is 0 Å². The molecule has 1 saturated carbocycles. The topological polar surface area (TPSA) is 32.3 Å². The van der Waals surface area contributed by atoms with Gasteiger partial charge in [-0.25, -0.2) is 0 Å². The van der Waals surface area contributed by atoms with Gasteiger partial charge in [0.1, 0.15) is 0 Å². The molecule has 0 unspecified atom stereocenters. The average Bonchev–Trinajstić information content (AvgIpc) is 2.32. The number of hydrogen-bond acceptors (Lipinski definition) is 2. The normalized spacial score (nSPS) is 24.9. The SMILES string of the molecule is CC(C)c1cccc(N[C@@H]2CCCC[C@H]2O)c1. The van der Waals surface area contributed by atoms with Crippen molar-refractivity contribution >= 4 is 5.69 Å². The standard InChI is InChI=1S/C15H23NO/c1-11(2)12-6-5-7-13(10-12)16-14-8-3-4-9-15(14)17/h5-7,10-11,14-17H,3-4,8-9H2,1-2H3/t14-,15-/m1/s1. The summed E-state index contributed by atoms with van der Waals surface area (Å²) >= 11 is 0. The van der Waals surface area contributed by atoms with E-state index >= 15 is 0 Å². The molecule has 0 aromatic heterocycles. The lowest BCUT2D eigenvalue weighted by Crippen LogP contribution is -2.36. The molecule has 1 fully saturated rings. The van der Waals surface area contributed by atoms with Crippen molar-refractivity contribution in [3.63, 3.8) is 0 Å². The molecule has 1 aromatic carbocycles. The summed E-state index contributed by atoms with van der Waals surface area (Å²) in [5, 5.41) is 13.4. The minimum Gasteiger partial charge on any atom is -0.391 e. The van der Waals surface area contributed by atoms with Crippen LogP contribution in [-0.4, -0.2) is 17.3 Å². The Labute approximate surface area is 104 Å². The summed E-state index contributed by atoms with van der Waals surface area (Å²) in [5.41, 5.74) is 2.49. The molecule has 1 aliphatic rings. The average molecular weight is 233 g/mol. The molecule has 94 valence electrons. The van der Waals surface area contributed by atoms with E-state index in [-0.39, 0.29) is 12.1 Å². The maximum Gasteiger partial charge on any atom is 0.0741 e. The fraction of sp³-hybridized carbons (Fsp3) is 0.600. The third kappa shape index (κ3) is 3.22. The molecule has 17 heavy (non-hydrogen) atoms. The van der Waals surface area contributed by atoms with Gasteiger partial charge in [-0.2, -0.15) is 0 Å². The van der Waals surface area contributed by atoms with E-state index in [9.17, 15) is 5.11 Å². The molecule has 0 radical (unpaired) electrons. The molecule has 2 rings (SSSR count). The van der Waals surface area contributed by atoms with Gasteiger partial charge in [0.25, 0.3) is 0 Å². The predicted octanol–water partition coefficient (Wildman–Crippen LogP) is 3.53. The van der Waals surface area contributed by atoms with E-state index < -0.39 is 0 Å². The predicted molar refractivity (Wildman–Crippen MR) is 72.4 cm³/mol. The van der Waals surface area contributed by atoms with Gasteiger partial charge in [-0.15, -0.1) is 0 Å². The van der Waals surface area contributed by atoms with Crippen molar-refractivity contribution in [2.45, 2.75) is 57.6 Å². The largest absolute Gasteiger partial charge is 0.391 e. The van der Waals surface area contributed by atoms with Crippen LogP contribution >= 0.6 is 0 Å². The Morgan fingerprint density at radius 3 is 2.71 bits per heavy atom. The van der Waals surface area contributed by atoms with Crippen LogP contribution in [0, 0.1) is 0 Å². The van der Waals surface area contributed by atoms with E-state index in [4.69, 9.17) is 0 Å². The highest BCUT2D eigenvalue weighted by Crippen LogP contribution is 2.24. The second-order valence-electron chi connectivity index (χ2n) is 5.38. The maximum absolute atomic E-state index is 9.95. The molecule has 1 aromatic rings. The summed E-state index contributed by atoms with van der Waals surface area (Å²) in [6.45, 7) is 4.41. The van der Waals surface area contributed by atoms with Gasteiger partial charge in [0.05, 0.1) is 12.1 Å². The third-order valence-electron chi connectivity index (χ3n) is 3.63. The highest BCUT2D eigenvalue weighted by atomic mass is 16.3. The molecule has 0 saturated heterocycles. The van der Waals surface area contributed by atoms with Crippen LogP contribution in [0.5, 0.6) is 0 Å². The van der Waals surface area contributed by atoms with Gasteiger partial charge in [0, 0.05) is 5.69 Å². The quantitative estimate of drug-likeness (QED) is 0.837. The third-order valence-corrected chi connectivity index (χ3v) is 3.63. The first kappa shape index (κ1) is 12.4. The Bertz CT molecular complexity index is 362. The van der Waals surface area contributed by atoms with E-state index in [0.717, 1.165) is 24.9 Å². The molecule has 0 spiro atoms. The minimum atomic E-state index is -0.188. The minimum absolute atomic E-state index is 0.188. The first-order valence-electron chi connectivity index (χ1n) is 6.71. The summed E-state index contributed by atoms with van der Waals surface area (Å²) in [5.74, 6) is 0.549. The Morgan fingerprint density at radius 1 is 1.24 bits per heavy atom. The highest BCUT2D eigenvalue weighted by Gasteiger charge is 2.22. The van der Waals surface area contributed by atoms with Crippen LogP contribution in [0.2, 0.25) is 0 Å². The molecule has 0 bridgehead atoms. The van der Waals surface area contributed by atoms with Crippen molar-refractivity contribution in [2.75, 3.05) is 5.32 Å². The molecular weight excluding hydrogens is 210 g/mol. The number of aliphatic hydroxyl groups is 1. The van der Waals surface area contributed by atoms with Crippen molar-refractivity contribution < 1.29 is 5.11 Å². The van der Waals surface area contributed by atoms with E-state index in [1.807, 2.05) is 0 Å². The van der Waals surface area contributed by atoms with Crippen molar-refractivity contribution in [2.24, 2.45) is 0 Å². The summed E-state index contributed by atoms with van der Waals surface area (Å²) in [7, 11) is 0. The lowest BCUT2D eigenvalue weighted by molar-refractivity contribution is 0.116. The van der Waals surface area contributed by atoms with Gasteiger partial charge in [0.2, 0.25) is 0 Å². The van der Waals surface area contributed by atoms with Gasteiger partial charge in [-0.05, 0) is 36.5 Å². The molecule has 0 aliphatic heterocycles. The van der Waals surface area contributed by atoms with Crippen LogP contribution in [0.4, 0.5) is 5.69 Å². The second-order valence-corrected chi connectivity index (χ2v) is 5.38. The van der Waals surface area contributed by atoms with Crippen LogP contribution in [0.1, 0.15) is 51.0 Å². The number of hydrogen-bond donors (Lipinski definition) is 2. The lowest BCUT2D eigenvalue weighted by atomic mass is 9.92. The zero-order chi connectivity index (χ0) is 12.3. The van der Waals surface area contributed by atoms with Crippen LogP contribution in [0.3, 0.4) is 0 Å². The number of anilines is 1. The fourth-order valence-corrected chi connectivity index (χ4v) is 2.48. The smallest absolute Gasteiger partial charge is 0.0741 e. The Balaban J connectivity index is 2.04. The zero-order valence-corrected chi connectivity index (χ0v) is 10.8. The number of benzene rings is 1. The molecule has 2 nitrogen and oxygen atoms in total. The Hall–Kier alpha value is -1.02. The fourth-order valence-electron chi connectivity index (χ4n) is 2.48. The molecule has 0 amide bonds. The molecular formula is C15H23NO. The Morgan fingerprint density at radius 2 is 2.00 bits per heavy atom. The lowest BCUT2D eigenvalue weighted by Gasteiger charge is -2.29. The van der Waals surface area contributed by atoms with Crippen molar-refractivity contribution in [3.8, 4) is 0 Å². The molecule has 0 heterocycles. The number of rotatable bonds is 3. The monoisotopic (exact) mass is 233 g/mol. The summed E-state index contributed by atoms with van der Waals surface area (Å²) < 4.78 is 0. The molecule has 2 heteroatoms. The first-order chi connectivity index (χ1) is 8.16. The van der Waals surface area contributed by atoms with Gasteiger partial charge in [0.15, 0.2) is 0 Å². The maximum atomic E-state index is 9.95. The molecule has 1 aliphatic carbocycles.